The number of benzene rings is 2. The van der Waals surface area contributed by atoms with Crippen LogP contribution in [0.3, 0.4) is 0 Å². The molecular formula is C14H12ClNO. The van der Waals surface area contributed by atoms with Crippen molar-refractivity contribution in [2.45, 2.75) is 6.92 Å². The van der Waals surface area contributed by atoms with E-state index in [2.05, 4.69) is 0 Å². The minimum Gasteiger partial charge on any atom is -0.618 e. The van der Waals surface area contributed by atoms with E-state index in [9.17, 15) is 5.21 Å². The Labute approximate surface area is 105 Å². The van der Waals surface area contributed by atoms with Gasteiger partial charge < -0.3 is 5.21 Å². The van der Waals surface area contributed by atoms with Crippen LogP contribution in [0.4, 0.5) is 5.69 Å². The molecule has 0 N–H and O–H groups in total. The van der Waals surface area contributed by atoms with Crippen LogP contribution >= 0.6 is 11.6 Å². The molecule has 0 spiro atoms. The molecule has 0 fully saturated rings. The van der Waals surface area contributed by atoms with E-state index < -0.39 is 0 Å². The van der Waals surface area contributed by atoms with Gasteiger partial charge >= 0.3 is 0 Å². The van der Waals surface area contributed by atoms with E-state index in [4.69, 9.17) is 11.6 Å². The lowest BCUT2D eigenvalue weighted by Crippen LogP contribution is -2.00. The number of hydrogen-bond acceptors (Lipinski definition) is 1. The van der Waals surface area contributed by atoms with Gasteiger partial charge in [-0.05, 0) is 25.1 Å². The van der Waals surface area contributed by atoms with Crippen LogP contribution in [0.2, 0.25) is 5.02 Å². The lowest BCUT2D eigenvalue weighted by molar-refractivity contribution is -0.355. The molecule has 0 heterocycles. The molecule has 0 aromatic heterocycles. The highest BCUT2D eigenvalue weighted by molar-refractivity contribution is 6.31. The molecule has 0 saturated heterocycles. The molecule has 0 bridgehead atoms. The van der Waals surface area contributed by atoms with Crippen molar-refractivity contribution in [2.75, 3.05) is 0 Å². The van der Waals surface area contributed by atoms with Crippen molar-refractivity contribution in [1.82, 2.24) is 0 Å². The predicted molar refractivity (Wildman–Crippen MR) is 71.1 cm³/mol. The summed E-state index contributed by atoms with van der Waals surface area (Å²) in [5.74, 6) is 0. The molecule has 2 rings (SSSR count). The second kappa shape index (κ2) is 5.02. The van der Waals surface area contributed by atoms with Gasteiger partial charge in [0, 0.05) is 17.2 Å². The van der Waals surface area contributed by atoms with Gasteiger partial charge in [0.1, 0.15) is 0 Å². The van der Waals surface area contributed by atoms with Crippen LogP contribution in [0.25, 0.3) is 0 Å². The molecule has 2 aromatic rings. The normalized spacial score (nSPS) is 11.5. The van der Waals surface area contributed by atoms with Gasteiger partial charge in [0.05, 0.1) is 5.02 Å². The van der Waals surface area contributed by atoms with Gasteiger partial charge in [-0.2, -0.15) is 4.74 Å². The number of halogens is 1. The Morgan fingerprint density at radius 1 is 1.06 bits per heavy atom. The molecule has 3 heteroatoms. The summed E-state index contributed by atoms with van der Waals surface area (Å²) in [7, 11) is 0. The summed E-state index contributed by atoms with van der Waals surface area (Å²) in [5, 5.41) is 12.6. The Morgan fingerprint density at radius 2 is 1.76 bits per heavy atom. The maximum absolute atomic E-state index is 12.0. The topological polar surface area (TPSA) is 26.1 Å². The highest BCUT2D eigenvalue weighted by atomic mass is 35.5. The standard InChI is InChI=1S/C14H12ClNO/c1-11-13(15)8-5-9-14(11)16(17)10-12-6-3-2-4-7-12/h2-10H,1H3. The van der Waals surface area contributed by atoms with E-state index in [1.54, 1.807) is 24.4 Å². The van der Waals surface area contributed by atoms with E-state index >= 15 is 0 Å². The van der Waals surface area contributed by atoms with Crippen molar-refractivity contribution in [3.8, 4) is 0 Å². The largest absolute Gasteiger partial charge is 0.618 e. The van der Waals surface area contributed by atoms with Gasteiger partial charge in [-0.3, -0.25) is 0 Å². The summed E-state index contributed by atoms with van der Waals surface area (Å²) >= 11 is 5.98. The van der Waals surface area contributed by atoms with Gasteiger partial charge in [0.25, 0.3) is 0 Å². The third-order valence-electron chi connectivity index (χ3n) is 2.54. The van der Waals surface area contributed by atoms with Crippen molar-refractivity contribution in [3.05, 3.63) is 69.9 Å². The first-order valence-corrected chi connectivity index (χ1v) is 5.67. The Balaban J connectivity index is 2.41. The van der Waals surface area contributed by atoms with Crippen LogP contribution in [0.1, 0.15) is 11.1 Å². The Hall–Kier alpha value is -1.80. The van der Waals surface area contributed by atoms with Crippen molar-refractivity contribution in [3.63, 3.8) is 0 Å². The van der Waals surface area contributed by atoms with Crippen LogP contribution in [0.5, 0.6) is 0 Å². The molecule has 0 unspecified atom stereocenters. The van der Waals surface area contributed by atoms with Crippen molar-refractivity contribution >= 4 is 23.5 Å². The Kier molecular flexibility index (Phi) is 3.45. The molecule has 0 aliphatic heterocycles. The molecule has 0 saturated carbocycles. The average molecular weight is 246 g/mol. The smallest absolute Gasteiger partial charge is 0.220 e. The molecule has 86 valence electrons. The SMILES string of the molecule is Cc1c(Cl)cccc1[N+]([O-])=Cc1ccccc1. The van der Waals surface area contributed by atoms with E-state index in [0.717, 1.165) is 15.9 Å². The van der Waals surface area contributed by atoms with Gasteiger partial charge in [0.2, 0.25) is 5.69 Å². The second-order valence-electron chi connectivity index (χ2n) is 3.75. The maximum Gasteiger partial charge on any atom is 0.220 e. The predicted octanol–water partition coefficient (Wildman–Crippen LogP) is 3.91. The fourth-order valence-corrected chi connectivity index (χ4v) is 1.75. The number of nitrogens with zero attached hydrogens (tertiary/aromatic N) is 1. The first kappa shape index (κ1) is 11.7. The summed E-state index contributed by atoms with van der Waals surface area (Å²) < 4.78 is 0.844. The third-order valence-corrected chi connectivity index (χ3v) is 2.95. The molecule has 0 atom stereocenters. The quantitative estimate of drug-likeness (QED) is 0.341. The second-order valence-corrected chi connectivity index (χ2v) is 4.16. The Morgan fingerprint density at radius 3 is 2.47 bits per heavy atom. The summed E-state index contributed by atoms with van der Waals surface area (Å²) in [6.07, 6.45) is 1.54. The molecule has 2 nitrogen and oxygen atoms in total. The van der Waals surface area contributed by atoms with E-state index in [0.29, 0.717) is 10.7 Å². The zero-order valence-electron chi connectivity index (χ0n) is 9.43. The highest BCUT2D eigenvalue weighted by Gasteiger charge is 2.08. The van der Waals surface area contributed by atoms with E-state index in [1.165, 1.54) is 0 Å². The summed E-state index contributed by atoms with van der Waals surface area (Å²) in [5.41, 5.74) is 2.22. The Bertz CT molecular complexity index is 549. The van der Waals surface area contributed by atoms with Crippen molar-refractivity contribution < 1.29 is 4.74 Å². The van der Waals surface area contributed by atoms with E-state index in [-0.39, 0.29) is 0 Å². The molecule has 2 aromatic carbocycles. The fraction of sp³-hybridized carbons (Fsp3) is 0.0714. The fourth-order valence-electron chi connectivity index (χ4n) is 1.58. The van der Waals surface area contributed by atoms with Gasteiger partial charge in [0.15, 0.2) is 6.21 Å². The highest BCUT2D eigenvalue weighted by Crippen LogP contribution is 2.24. The van der Waals surface area contributed by atoms with Gasteiger partial charge in [-0.1, -0.05) is 35.9 Å². The molecule has 0 aliphatic carbocycles. The monoisotopic (exact) mass is 245 g/mol. The van der Waals surface area contributed by atoms with Crippen molar-refractivity contribution in [1.29, 1.82) is 0 Å². The minimum atomic E-state index is 0.571. The minimum absolute atomic E-state index is 0.571. The zero-order valence-corrected chi connectivity index (χ0v) is 10.2. The maximum atomic E-state index is 12.0. The van der Waals surface area contributed by atoms with E-state index in [1.807, 2.05) is 37.3 Å². The molecule has 17 heavy (non-hydrogen) atoms. The number of hydrogen-bond donors (Lipinski definition) is 0. The van der Waals surface area contributed by atoms with Gasteiger partial charge in [-0.25, -0.2) is 0 Å². The molecular weight excluding hydrogens is 234 g/mol. The first-order valence-electron chi connectivity index (χ1n) is 5.30. The van der Waals surface area contributed by atoms with Crippen LogP contribution in [-0.4, -0.2) is 11.0 Å². The van der Waals surface area contributed by atoms with Crippen molar-refractivity contribution in [2.24, 2.45) is 0 Å². The molecule has 0 radical (unpaired) electrons. The van der Waals surface area contributed by atoms with Crippen LogP contribution < -0.4 is 0 Å². The zero-order chi connectivity index (χ0) is 12.3. The van der Waals surface area contributed by atoms with Crippen LogP contribution in [0.15, 0.2) is 48.5 Å². The van der Waals surface area contributed by atoms with Crippen LogP contribution in [-0.2, 0) is 0 Å². The lowest BCUT2D eigenvalue weighted by atomic mass is 10.2. The molecule has 0 amide bonds. The summed E-state index contributed by atoms with van der Waals surface area (Å²) in [6, 6.07) is 14.8. The van der Waals surface area contributed by atoms with Gasteiger partial charge in [-0.15, -0.1) is 0 Å². The lowest BCUT2D eigenvalue weighted by Gasteiger charge is -2.06. The average Bonchev–Trinajstić information content (AvgIpc) is 2.34. The summed E-state index contributed by atoms with van der Waals surface area (Å²) in [4.78, 5) is 0. The first-order chi connectivity index (χ1) is 8.18. The van der Waals surface area contributed by atoms with Crippen LogP contribution in [0, 0.1) is 12.1 Å². The summed E-state index contributed by atoms with van der Waals surface area (Å²) in [6.45, 7) is 1.83. The third kappa shape index (κ3) is 2.66. The number of rotatable bonds is 2. The molecule has 0 aliphatic rings.